The van der Waals surface area contributed by atoms with Gasteiger partial charge in [-0.1, -0.05) is 12.1 Å². The van der Waals surface area contributed by atoms with E-state index in [0.717, 1.165) is 16.3 Å². The molecule has 1 aromatic heterocycles. The van der Waals surface area contributed by atoms with Crippen LogP contribution in [0.5, 0.6) is 0 Å². The molecular formula is C15H18ClN3O2S. The maximum atomic E-state index is 12.4. The van der Waals surface area contributed by atoms with Crippen molar-refractivity contribution in [3.05, 3.63) is 35.8 Å². The van der Waals surface area contributed by atoms with Gasteiger partial charge in [-0.3, -0.25) is 4.79 Å². The normalized spacial score (nSPS) is 16.6. The van der Waals surface area contributed by atoms with E-state index in [1.54, 1.807) is 17.5 Å². The Morgan fingerprint density at radius 1 is 1.36 bits per heavy atom. The van der Waals surface area contributed by atoms with Crippen LogP contribution >= 0.6 is 23.7 Å². The Labute approximate surface area is 139 Å². The van der Waals surface area contributed by atoms with Crippen molar-refractivity contribution in [2.75, 3.05) is 18.5 Å². The molecule has 22 heavy (non-hydrogen) atoms. The van der Waals surface area contributed by atoms with E-state index in [-0.39, 0.29) is 18.3 Å². The molecule has 7 heteroatoms. The molecule has 3 rings (SSSR count). The smallest absolute Gasteiger partial charge is 0.244 e. The van der Waals surface area contributed by atoms with Gasteiger partial charge in [-0.25, -0.2) is 4.98 Å². The van der Waals surface area contributed by atoms with E-state index >= 15 is 0 Å². The van der Waals surface area contributed by atoms with Crippen molar-refractivity contribution in [2.45, 2.75) is 18.4 Å². The molecule has 0 bridgehead atoms. The lowest BCUT2D eigenvalue weighted by molar-refractivity contribution is -0.124. The first-order chi connectivity index (χ1) is 10.2. The zero-order chi connectivity index (χ0) is 14.7. The number of benzene rings is 1. The maximum Gasteiger partial charge on any atom is 0.244 e. The number of hydrogen-bond acceptors (Lipinski definition) is 5. The zero-order valence-electron chi connectivity index (χ0n) is 12.0. The fraction of sp³-hybridized carbons (Fsp3) is 0.333. The largest absolute Gasteiger partial charge is 0.381 e. The number of hydrogen-bond donors (Lipinski definition) is 2. The molecule has 3 N–H and O–H groups in total. The molecule has 118 valence electrons. The predicted octanol–water partition coefficient (Wildman–Crippen LogP) is 2.68. The number of carbonyl (C=O) groups is 1. The summed E-state index contributed by atoms with van der Waals surface area (Å²) in [4.78, 5) is 16.7. The van der Waals surface area contributed by atoms with Crippen LogP contribution < -0.4 is 11.1 Å². The van der Waals surface area contributed by atoms with Crippen molar-refractivity contribution in [1.82, 2.24) is 4.98 Å². The highest BCUT2D eigenvalue weighted by Crippen LogP contribution is 2.25. The number of anilines is 1. The highest BCUT2D eigenvalue weighted by atomic mass is 35.5. The Bertz CT molecular complexity index is 627. The molecule has 1 saturated heterocycles. The average Bonchev–Trinajstić information content (AvgIpc) is 3.02. The van der Waals surface area contributed by atoms with Crippen molar-refractivity contribution in [3.8, 4) is 10.6 Å². The number of nitrogens with one attached hydrogen (secondary N) is 1. The van der Waals surface area contributed by atoms with Crippen molar-refractivity contribution in [1.29, 1.82) is 0 Å². The number of amides is 1. The molecule has 0 radical (unpaired) electrons. The maximum absolute atomic E-state index is 12.4. The molecule has 0 aliphatic carbocycles. The van der Waals surface area contributed by atoms with Crippen LogP contribution in [0.1, 0.15) is 12.8 Å². The van der Waals surface area contributed by atoms with Crippen LogP contribution in [0.3, 0.4) is 0 Å². The first kappa shape index (κ1) is 16.9. The van der Waals surface area contributed by atoms with Crippen LogP contribution in [0.25, 0.3) is 10.6 Å². The molecule has 1 fully saturated rings. The Hall–Kier alpha value is -1.47. The van der Waals surface area contributed by atoms with Gasteiger partial charge in [0, 0.05) is 36.0 Å². The molecule has 0 saturated carbocycles. The fourth-order valence-electron chi connectivity index (χ4n) is 2.31. The fourth-order valence-corrected chi connectivity index (χ4v) is 2.95. The highest BCUT2D eigenvalue weighted by Gasteiger charge is 2.35. The lowest BCUT2D eigenvalue weighted by atomic mass is 9.90. The molecule has 1 aliphatic rings. The Kier molecular flexibility index (Phi) is 5.52. The number of nitrogens with two attached hydrogens (primary N) is 1. The third-order valence-electron chi connectivity index (χ3n) is 3.64. The Morgan fingerprint density at radius 3 is 2.82 bits per heavy atom. The molecular weight excluding hydrogens is 322 g/mol. The first-order valence-corrected chi connectivity index (χ1v) is 7.73. The van der Waals surface area contributed by atoms with Gasteiger partial charge >= 0.3 is 0 Å². The third kappa shape index (κ3) is 3.64. The Morgan fingerprint density at radius 2 is 2.14 bits per heavy atom. The Balaban J connectivity index is 0.00000176. The predicted molar refractivity (Wildman–Crippen MR) is 90.4 cm³/mol. The van der Waals surface area contributed by atoms with Crippen molar-refractivity contribution < 1.29 is 9.53 Å². The average molecular weight is 340 g/mol. The summed E-state index contributed by atoms with van der Waals surface area (Å²) in [7, 11) is 0. The topological polar surface area (TPSA) is 77.2 Å². The minimum atomic E-state index is -0.838. The standard InChI is InChI=1S/C15H17N3O2S.ClH/c16-15(4-7-20-8-5-15)14(19)18-12-3-1-2-11(10-12)13-17-6-9-21-13;/h1-3,6,9-10H,4-5,7-8,16H2,(H,18,19);1H. The molecule has 0 unspecified atom stereocenters. The van der Waals surface area contributed by atoms with Gasteiger partial charge in [0.05, 0.1) is 0 Å². The molecule has 0 spiro atoms. The molecule has 1 aliphatic heterocycles. The summed E-state index contributed by atoms with van der Waals surface area (Å²) in [6.07, 6.45) is 2.86. The lowest BCUT2D eigenvalue weighted by Crippen LogP contribution is -2.54. The van der Waals surface area contributed by atoms with E-state index in [1.807, 2.05) is 29.6 Å². The minimum Gasteiger partial charge on any atom is -0.381 e. The van der Waals surface area contributed by atoms with Crippen LogP contribution in [-0.4, -0.2) is 29.6 Å². The van der Waals surface area contributed by atoms with E-state index in [1.165, 1.54) is 0 Å². The SMILES string of the molecule is Cl.NC1(C(=O)Nc2cccc(-c3nccs3)c2)CCOCC1. The van der Waals surface area contributed by atoms with Gasteiger partial charge in [0.25, 0.3) is 0 Å². The minimum absolute atomic E-state index is 0. The van der Waals surface area contributed by atoms with Gasteiger partial charge in [-0.05, 0) is 25.0 Å². The van der Waals surface area contributed by atoms with Crippen LogP contribution in [0.2, 0.25) is 0 Å². The van der Waals surface area contributed by atoms with Gasteiger partial charge in [0.15, 0.2) is 0 Å². The molecule has 1 amide bonds. The second-order valence-corrected chi connectivity index (χ2v) is 6.04. The number of aromatic nitrogens is 1. The number of nitrogens with zero attached hydrogens (tertiary/aromatic N) is 1. The summed E-state index contributed by atoms with van der Waals surface area (Å²) in [5.74, 6) is -0.151. The molecule has 5 nitrogen and oxygen atoms in total. The van der Waals surface area contributed by atoms with Crippen molar-refractivity contribution in [3.63, 3.8) is 0 Å². The van der Waals surface area contributed by atoms with Gasteiger partial charge in [0.2, 0.25) is 5.91 Å². The summed E-state index contributed by atoms with van der Waals surface area (Å²) < 4.78 is 5.27. The summed E-state index contributed by atoms with van der Waals surface area (Å²) in [5.41, 5.74) is 7.07. The number of ether oxygens (including phenoxy) is 1. The number of rotatable bonds is 3. The number of halogens is 1. The van der Waals surface area contributed by atoms with Gasteiger partial charge in [0.1, 0.15) is 10.5 Å². The summed E-state index contributed by atoms with van der Waals surface area (Å²) in [6.45, 7) is 1.06. The quantitative estimate of drug-likeness (QED) is 0.901. The molecule has 2 heterocycles. The monoisotopic (exact) mass is 339 g/mol. The molecule has 1 aromatic carbocycles. The van der Waals surface area contributed by atoms with Gasteiger partial charge < -0.3 is 15.8 Å². The summed E-state index contributed by atoms with van der Waals surface area (Å²) in [5, 5.41) is 5.77. The van der Waals surface area contributed by atoms with Crippen LogP contribution in [0, 0.1) is 0 Å². The molecule has 2 aromatic rings. The zero-order valence-corrected chi connectivity index (χ0v) is 13.6. The van der Waals surface area contributed by atoms with E-state index in [9.17, 15) is 4.79 Å². The van der Waals surface area contributed by atoms with Gasteiger partial charge in [-0.15, -0.1) is 23.7 Å². The van der Waals surface area contributed by atoms with E-state index < -0.39 is 5.54 Å². The van der Waals surface area contributed by atoms with Crippen molar-refractivity contribution >= 4 is 35.3 Å². The molecule has 0 atom stereocenters. The van der Waals surface area contributed by atoms with E-state index in [0.29, 0.717) is 26.1 Å². The van der Waals surface area contributed by atoms with E-state index in [2.05, 4.69) is 10.3 Å². The van der Waals surface area contributed by atoms with E-state index in [4.69, 9.17) is 10.5 Å². The summed E-state index contributed by atoms with van der Waals surface area (Å²) in [6, 6.07) is 7.65. The summed E-state index contributed by atoms with van der Waals surface area (Å²) >= 11 is 1.57. The van der Waals surface area contributed by atoms with Crippen LogP contribution in [-0.2, 0) is 9.53 Å². The van der Waals surface area contributed by atoms with Gasteiger partial charge in [-0.2, -0.15) is 0 Å². The second-order valence-electron chi connectivity index (χ2n) is 5.14. The third-order valence-corrected chi connectivity index (χ3v) is 4.46. The lowest BCUT2D eigenvalue weighted by Gasteiger charge is -2.31. The van der Waals surface area contributed by atoms with Crippen LogP contribution in [0.15, 0.2) is 35.8 Å². The van der Waals surface area contributed by atoms with Crippen LogP contribution in [0.4, 0.5) is 5.69 Å². The van der Waals surface area contributed by atoms with Crippen molar-refractivity contribution in [2.24, 2.45) is 5.73 Å². The number of carbonyl (C=O) groups excluding carboxylic acids is 1. The number of thiazole rings is 1. The second kappa shape index (κ2) is 7.19. The first-order valence-electron chi connectivity index (χ1n) is 6.85. The highest BCUT2D eigenvalue weighted by molar-refractivity contribution is 7.13.